The van der Waals surface area contributed by atoms with Crippen molar-refractivity contribution in [2.75, 3.05) is 19.6 Å². The van der Waals surface area contributed by atoms with Crippen molar-refractivity contribution in [3.8, 4) is 0 Å². The standard InChI is InChI=1S/C18H19N5O3/c24-15-11-22-16(9-19-15)23(21-10-17(22)25)18(26)20-8-13-6-3-5-12-4-1-2-7-14(12)13/h1-7,16,21H,8-11H2,(H,19,24)(H,20,26). The van der Waals surface area contributed by atoms with E-state index in [0.29, 0.717) is 6.54 Å². The molecule has 0 bridgehead atoms. The molecule has 2 aliphatic heterocycles. The maximum absolute atomic E-state index is 12.7. The van der Waals surface area contributed by atoms with Crippen LogP contribution in [-0.4, -0.2) is 53.6 Å². The van der Waals surface area contributed by atoms with Crippen LogP contribution in [0.15, 0.2) is 42.5 Å². The molecule has 1 unspecified atom stereocenters. The van der Waals surface area contributed by atoms with Crippen molar-refractivity contribution in [1.29, 1.82) is 0 Å². The van der Waals surface area contributed by atoms with Gasteiger partial charge in [-0.2, -0.15) is 0 Å². The lowest BCUT2D eigenvalue weighted by atomic mass is 10.0. The van der Waals surface area contributed by atoms with Gasteiger partial charge in [0.2, 0.25) is 11.8 Å². The van der Waals surface area contributed by atoms with Crippen LogP contribution in [0, 0.1) is 0 Å². The zero-order valence-electron chi connectivity index (χ0n) is 14.1. The smallest absolute Gasteiger partial charge is 0.334 e. The summed E-state index contributed by atoms with van der Waals surface area (Å²) in [5.41, 5.74) is 3.85. The molecule has 2 heterocycles. The van der Waals surface area contributed by atoms with Gasteiger partial charge in [0.25, 0.3) is 0 Å². The second-order valence-electron chi connectivity index (χ2n) is 6.31. The number of carbonyl (C=O) groups excluding carboxylic acids is 3. The SMILES string of the molecule is O=C1CN2C(=O)CNN(C(=O)NCc3cccc4ccccc34)C2CN1. The Balaban J connectivity index is 1.47. The summed E-state index contributed by atoms with van der Waals surface area (Å²) in [4.78, 5) is 37.6. The summed E-state index contributed by atoms with van der Waals surface area (Å²) in [6.45, 7) is 0.536. The van der Waals surface area contributed by atoms with E-state index in [1.807, 2.05) is 42.5 Å². The van der Waals surface area contributed by atoms with E-state index in [4.69, 9.17) is 0 Å². The average molecular weight is 353 g/mol. The van der Waals surface area contributed by atoms with Gasteiger partial charge >= 0.3 is 6.03 Å². The molecule has 3 N–H and O–H groups in total. The third-order valence-corrected chi connectivity index (χ3v) is 4.70. The predicted molar refractivity (Wildman–Crippen MR) is 94.5 cm³/mol. The molecule has 1 atom stereocenters. The van der Waals surface area contributed by atoms with Crippen LogP contribution in [0.25, 0.3) is 10.8 Å². The number of piperazine rings is 1. The number of rotatable bonds is 2. The maximum Gasteiger partial charge on any atom is 0.334 e. The summed E-state index contributed by atoms with van der Waals surface area (Å²) < 4.78 is 0. The van der Waals surface area contributed by atoms with E-state index < -0.39 is 6.17 Å². The van der Waals surface area contributed by atoms with Crippen molar-refractivity contribution in [2.45, 2.75) is 12.7 Å². The molecule has 26 heavy (non-hydrogen) atoms. The fraction of sp³-hybridized carbons (Fsp3) is 0.278. The van der Waals surface area contributed by atoms with Crippen molar-refractivity contribution in [2.24, 2.45) is 0 Å². The van der Waals surface area contributed by atoms with Crippen LogP contribution >= 0.6 is 0 Å². The van der Waals surface area contributed by atoms with Crippen molar-refractivity contribution < 1.29 is 14.4 Å². The first-order valence-corrected chi connectivity index (χ1v) is 8.47. The van der Waals surface area contributed by atoms with Gasteiger partial charge in [-0.3, -0.25) is 9.59 Å². The summed E-state index contributed by atoms with van der Waals surface area (Å²) >= 11 is 0. The molecule has 0 saturated carbocycles. The Morgan fingerprint density at radius 2 is 1.96 bits per heavy atom. The monoisotopic (exact) mass is 353 g/mol. The molecule has 8 heteroatoms. The molecule has 0 radical (unpaired) electrons. The Labute approximate surface area is 150 Å². The number of nitrogens with one attached hydrogen (secondary N) is 3. The zero-order valence-corrected chi connectivity index (χ0v) is 14.1. The number of nitrogens with zero attached hydrogens (tertiary/aromatic N) is 2. The largest absolute Gasteiger partial charge is 0.351 e. The second kappa shape index (κ2) is 6.64. The van der Waals surface area contributed by atoms with Gasteiger partial charge < -0.3 is 15.5 Å². The Bertz CT molecular complexity index is 879. The van der Waals surface area contributed by atoms with Crippen molar-refractivity contribution in [3.05, 3.63) is 48.0 Å². The van der Waals surface area contributed by atoms with Crippen LogP contribution < -0.4 is 16.1 Å². The normalized spacial score (nSPS) is 19.9. The first kappa shape index (κ1) is 16.3. The summed E-state index contributed by atoms with van der Waals surface area (Å²) in [7, 11) is 0. The quantitative estimate of drug-likeness (QED) is 0.717. The number of benzene rings is 2. The first-order valence-electron chi connectivity index (χ1n) is 8.47. The van der Waals surface area contributed by atoms with Crippen molar-refractivity contribution >= 4 is 28.6 Å². The highest BCUT2D eigenvalue weighted by Gasteiger charge is 2.40. The summed E-state index contributed by atoms with van der Waals surface area (Å²) in [6, 6.07) is 13.6. The number of hydrazine groups is 1. The van der Waals surface area contributed by atoms with E-state index >= 15 is 0 Å². The van der Waals surface area contributed by atoms with Gasteiger partial charge in [-0.05, 0) is 16.3 Å². The number of amides is 4. The topological polar surface area (TPSA) is 93.8 Å². The molecular weight excluding hydrogens is 334 g/mol. The summed E-state index contributed by atoms with van der Waals surface area (Å²) in [5, 5.41) is 9.16. The molecule has 8 nitrogen and oxygen atoms in total. The van der Waals surface area contributed by atoms with Gasteiger partial charge in [-0.15, -0.1) is 0 Å². The van der Waals surface area contributed by atoms with Crippen LogP contribution in [0.4, 0.5) is 4.79 Å². The summed E-state index contributed by atoms with van der Waals surface area (Å²) in [6.07, 6.45) is -0.526. The lowest BCUT2D eigenvalue weighted by Gasteiger charge is -2.45. The van der Waals surface area contributed by atoms with Crippen LogP contribution in [0.5, 0.6) is 0 Å². The van der Waals surface area contributed by atoms with Gasteiger partial charge in [0, 0.05) is 6.54 Å². The minimum Gasteiger partial charge on any atom is -0.351 e. The van der Waals surface area contributed by atoms with E-state index in [0.717, 1.165) is 16.3 Å². The fourth-order valence-corrected chi connectivity index (χ4v) is 3.39. The highest BCUT2D eigenvalue weighted by atomic mass is 16.2. The highest BCUT2D eigenvalue weighted by molar-refractivity contribution is 5.89. The highest BCUT2D eigenvalue weighted by Crippen LogP contribution is 2.18. The Morgan fingerprint density at radius 1 is 1.15 bits per heavy atom. The Hall–Kier alpha value is -3.13. The Morgan fingerprint density at radius 3 is 2.85 bits per heavy atom. The lowest BCUT2D eigenvalue weighted by Crippen LogP contribution is -2.72. The van der Waals surface area contributed by atoms with Crippen LogP contribution in [0.2, 0.25) is 0 Å². The van der Waals surface area contributed by atoms with Crippen LogP contribution in [0.1, 0.15) is 5.56 Å². The molecule has 0 spiro atoms. The van der Waals surface area contributed by atoms with Crippen LogP contribution in [0.3, 0.4) is 0 Å². The average Bonchev–Trinajstić information content (AvgIpc) is 2.66. The molecule has 2 aromatic carbocycles. The number of urea groups is 1. The number of hydrogen-bond donors (Lipinski definition) is 3. The molecule has 2 saturated heterocycles. The Kier molecular flexibility index (Phi) is 4.18. The zero-order chi connectivity index (χ0) is 18.1. The molecular formula is C18H19N5O3. The number of hydrogen-bond acceptors (Lipinski definition) is 4. The van der Waals surface area contributed by atoms with E-state index in [1.165, 1.54) is 9.91 Å². The van der Waals surface area contributed by atoms with Crippen LogP contribution in [-0.2, 0) is 16.1 Å². The minimum absolute atomic E-state index is 0.00846. The van der Waals surface area contributed by atoms with E-state index in [2.05, 4.69) is 16.1 Å². The fourth-order valence-electron chi connectivity index (χ4n) is 3.39. The molecule has 4 amide bonds. The molecule has 2 aliphatic rings. The second-order valence-corrected chi connectivity index (χ2v) is 6.31. The van der Waals surface area contributed by atoms with Crippen molar-refractivity contribution in [3.63, 3.8) is 0 Å². The third kappa shape index (κ3) is 2.95. The summed E-state index contributed by atoms with van der Waals surface area (Å²) in [5.74, 6) is -0.407. The predicted octanol–water partition coefficient (Wildman–Crippen LogP) is 0.154. The van der Waals surface area contributed by atoms with E-state index in [1.54, 1.807) is 0 Å². The van der Waals surface area contributed by atoms with E-state index in [9.17, 15) is 14.4 Å². The maximum atomic E-state index is 12.7. The van der Waals surface area contributed by atoms with Gasteiger partial charge in [0.05, 0.1) is 13.1 Å². The molecule has 4 rings (SSSR count). The van der Waals surface area contributed by atoms with Crippen molar-refractivity contribution in [1.82, 2.24) is 26.0 Å². The first-order chi connectivity index (χ1) is 12.6. The number of carbonyl (C=O) groups is 3. The molecule has 2 fully saturated rings. The number of fused-ring (bicyclic) bond motifs is 2. The molecule has 0 aromatic heterocycles. The molecule has 134 valence electrons. The lowest BCUT2D eigenvalue weighted by molar-refractivity contribution is -0.152. The van der Waals surface area contributed by atoms with Gasteiger partial charge in [-0.1, -0.05) is 42.5 Å². The van der Waals surface area contributed by atoms with Gasteiger partial charge in [0.15, 0.2) is 0 Å². The third-order valence-electron chi connectivity index (χ3n) is 4.70. The van der Waals surface area contributed by atoms with Gasteiger partial charge in [0.1, 0.15) is 12.7 Å². The molecule has 0 aliphatic carbocycles. The minimum atomic E-state index is -0.526. The molecule has 2 aromatic rings. The van der Waals surface area contributed by atoms with E-state index in [-0.39, 0.29) is 37.5 Å². The van der Waals surface area contributed by atoms with Gasteiger partial charge in [-0.25, -0.2) is 15.2 Å².